The molecule has 1 aliphatic rings. The van der Waals surface area contributed by atoms with E-state index in [1.807, 2.05) is 71.3 Å². The standard InChI is InChI=1S/C25H27N3O2S/c1-17(2)19-9-11-21(12-10-19)24(29)27-13-15-28(16-14-27)25(30)22-18(3)26-23(31-22)20-7-5-4-6-8-20/h4-12,17H,13-16H2,1-3H3. The molecule has 0 spiro atoms. The molecule has 160 valence electrons. The smallest absolute Gasteiger partial charge is 0.265 e. The molecule has 0 aliphatic carbocycles. The number of nitrogens with zero attached hydrogens (tertiary/aromatic N) is 3. The van der Waals surface area contributed by atoms with Crippen LogP contribution >= 0.6 is 11.3 Å². The minimum atomic E-state index is 0.00515. The van der Waals surface area contributed by atoms with Gasteiger partial charge >= 0.3 is 0 Å². The molecule has 2 heterocycles. The number of hydrogen-bond acceptors (Lipinski definition) is 4. The van der Waals surface area contributed by atoms with E-state index < -0.39 is 0 Å². The lowest BCUT2D eigenvalue weighted by molar-refractivity contribution is 0.0537. The summed E-state index contributed by atoms with van der Waals surface area (Å²) in [6.45, 7) is 8.32. The average Bonchev–Trinajstić information content (AvgIpc) is 3.20. The number of rotatable bonds is 4. The average molecular weight is 434 g/mol. The highest BCUT2D eigenvalue weighted by Crippen LogP contribution is 2.29. The third-order valence-electron chi connectivity index (χ3n) is 5.69. The van der Waals surface area contributed by atoms with Crippen LogP contribution in [0.5, 0.6) is 0 Å². The normalized spacial score (nSPS) is 14.2. The lowest BCUT2D eigenvalue weighted by Crippen LogP contribution is -2.50. The van der Waals surface area contributed by atoms with E-state index in [4.69, 9.17) is 0 Å². The van der Waals surface area contributed by atoms with Crippen LogP contribution in [0.2, 0.25) is 0 Å². The van der Waals surface area contributed by atoms with E-state index in [0.717, 1.165) is 16.3 Å². The van der Waals surface area contributed by atoms with Crippen LogP contribution in [0.15, 0.2) is 54.6 Å². The van der Waals surface area contributed by atoms with Gasteiger partial charge < -0.3 is 9.80 Å². The number of aryl methyl sites for hydroxylation is 1. The van der Waals surface area contributed by atoms with Gasteiger partial charge in [-0.2, -0.15) is 0 Å². The molecule has 5 nitrogen and oxygen atoms in total. The molecule has 0 radical (unpaired) electrons. The Balaban J connectivity index is 1.40. The highest BCUT2D eigenvalue weighted by atomic mass is 32.1. The van der Waals surface area contributed by atoms with Crippen molar-refractivity contribution in [2.75, 3.05) is 26.2 Å². The van der Waals surface area contributed by atoms with E-state index in [-0.39, 0.29) is 11.8 Å². The van der Waals surface area contributed by atoms with E-state index in [2.05, 4.69) is 18.8 Å². The van der Waals surface area contributed by atoms with Crippen LogP contribution in [0.3, 0.4) is 0 Å². The molecule has 1 saturated heterocycles. The van der Waals surface area contributed by atoms with Crippen LogP contribution in [0.4, 0.5) is 0 Å². The van der Waals surface area contributed by atoms with Crippen molar-refractivity contribution in [3.05, 3.63) is 76.3 Å². The van der Waals surface area contributed by atoms with E-state index in [0.29, 0.717) is 42.5 Å². The number of piperazine rings is 1. The van der Waals surface area contributed by atoms with E-state index >= 15 is 0 Å². The molecule has 2 aromatic carbocycles. The molecular formula is C25H27N3O2S. The molecule has 31 heavy (non-hydrogen) atoms. The van der Waals surface area contributed by atoms with Gasteiger partial charge in [-0.3, -0.25) is 9.59 Å². The van der Waals surface area contributed by atoms with Crippen molar-refractivity contribution in [1.29, 1.82) is 0 Å². The summed E-state index contributed by atoms with van der Waals surface area (Å²) in [5.41, 5.74) is 3.71. The Morgan fingerprint density at radius 1 is 0.871 bits per heavy atom. The third kappa shape index (κ3) is 4.54. The summed E-state index contributed by atoms with van der Waals surface area (Å²) in [7, 11) is 0. The Bertz CT molecular complexity index is 1070. The Labute approximate surface area is 187 Å². The summed E-state index contributed by atoms with van der Waals surface area (Å²) in [5, 5.41) is 0.861. The second-order valence-electron chi connectivity index (χ2n) is 8.16. The first-order valence-electron chi connectivity index (χ1n) is 10.7. The summed E-state index contributed by atoms with van der Waals surface area (Å²) in [6, 6.07) is 17.8. The van der Waals surface area contributed by atoms with Crippen LogP contribution in [0, 0.1) is 6.92 Å². The van der Waals surface area contributed by atoms with Gasteiger partial charge in [-0.05, 0) is 30.5 Å². The molecule has 2 amide bonds. The van der Waals surface area contributed by atoms with Gasteiger partial charge in [0.15, 0.2) is 0 Å². The fraction of sp³-hybridized carbons (Fsp3) is 0.320. The first-order valence-corrected chi connectivity index (χ1v) is 11.5. The first-order chi connectivity index (χ1) is 14.9. The zero-order valence-electron chi connectivity index (χ0n) is 18.2. The largest absolute Gasteiger partial charge is 0.335 e. The monoisotopic (exact) mass is 433 g/mol. The third-order valence-corrected chi connectivity index (χ3v) is 6.88. The highest BCUT2D eigenvalue weighted by Gasteiger charge is 2.28. The molecule has 1 fully saturated rings. The van der Waals surface area contributed by atoms with E-state index in [1.54, 1.807) is 0 Å². The molecule has 0 bridgehead atoms. The number of thiazole rings is 1. The van der Waals surface area contributed by atoms with Crippen molar-refractivity contribution in [3.63, 3.8) is 0 Å². The predicted molar refractivity (Wildman–Crippen MR) is 125 cm³/mol. The van der Waals surface area contributed by atoms with Crippen LogP contribution in [-0.4, -0.2) is 52.8 Å². The Morgan fingerprint density at radius 2 is 1.45 bits per heavy atom. The van der Waals surface area contributed by atoms with Crippen molar-refractivity contribution in [3.8, 4) is 10.6 Å². The number of carbonyl (C=O) groups excluding carboxylic acids is 2. The lowest BCUT2D eigenvalue weighted by Gasteiger charge is -2.34. The van der Waals surface area contributed by atoms with Crippen LogP contribution in [0.1, 0.15) is 51.1 Å². The summed E-state index contributed by atoms with van der Waals surface area (Å²) in [4.78, 5) is 34.9. The molecule has 1 aliphatic heterocycles. The van der Waals surface area contributed by atoms with Crippen molar-refractivity contribution < 1.29 is 9.59 Å². The fourth-order valence-electron chi connectivity index (χ4n) is 3.75. The van der Waals surface area contributed by atoms with Crippen LogP contribution in [0.25, 0.3) is 10.6 Å². The minimum Gasteiger partial charge on any atom is -0.335 e. The van der Waals surface area contributed by atoms with Crippen molar-refractivity contribution in [2.24, 2.45) is 0 Å². The number of carbonyl (C=O) groups is 2. The molecule has 0 atom stereocenters. The van der Waals surface area contributed by atoms with Crippen LogP contribution < -0.4 is 0 Å². The summed E-state index contributed by atoms with van der Waals surface area (Å²) in [6.07, 6.45) is 0. The number of hydrogen-bond donors (Lipinski definition) is 0. The molecule has 0 N–H and O–H groups in total. The van der Waals surface area contributed by atoms with Gasteiger partial charge in [0.25, 0.3) is 11.8 Å². The van der Waals surface area contributed by atoms with Crippen molar-refractivity contribution >= 4 is 23.2 Å². The minimum absolute atomic E-state index is 0.00515. The Morgan fingerprint density at radius 3 is 2.03 bits per heavy atom. The molecule has 1 aromatic heterocycles. The number of amides is 2. The van der Waals surface area contributed by atoms with Gasteiger partial charge in [-0.25, -0.2) is 4.98 Å². The fourth-order valence-corrected chi connectivity index (χ4v) is 4.79. The highest BCUT2D eigenvalue weighted by molar-refractivity contribution is 7.17. The predicted octanol–water partition coefficient (Wildman–Crippen LogP) is 4.84. The molecule has 6 heteroatoms. The number of benzene rings is 2. The Hall–Kier alpha value is -2.99. The molecular weight excluding hydrogens is 406 g/mol. The summed E-state index contributed by atoms with van der Waals surface area (Å²) < 4.78 is 0. The van der Waals surface area contributed by atoms with Crippen molar-refractivity contribution in [2.45, 2.75) is 26.7 Å². The molecule has 4 rings (SSSR count). The lowest BCUT2D eigenvalue weighted by atomic mass is 10.0. The quantitative estimate of drug-likeness (QED) is 0.592. The maximum absolute atomic E-state index is 13.1. The van der Waals surface area contributed by atoms with E-state index in [9.17, 15) is 9.59 Å². The second kappa shape index (κ2) is 9.02. The van der Waals surface area contributed by atoms with Crippen molar-refractivity contribution in [1.82, 2.24) is 14.8 Å². The van der Waals surface area contributed by atoms with E-state index in [1.165, 1.54) is 16.9 Å². The number of aromatic nitrogens is 1. The maximum atomic E-state index is 13.1. The summed E-state index contributed by atoms with van der Waals surface area (Å²) in [5.74, 6) is 0.477. The van der Waals surface area contributed by atoms with Crippen LogP contribution in [-0.2, 0) is 0 Å². The van der Waals surface area contributed by atoms with Gasteiger partial charge in [-0.1, -0.05) is 56.3 Å². The zero-order chi connectivity index (χ0) is 22.0. The van der Waals surface area contributed by atoms with Gasteiger partial charge in [0.05, 0.1) is 5.69 Å². The summed E-state index contributed by atoms with van der Waals surface area (Å²) >= 11 is 1.44. The second-order valence-corrected chi connectivity index (χ2v) is 9.16. The Kier molecular flexibility index (Phi) is 6.18. The topological polar surface area (TPSA) is 53.5 Å². The zero-order valence-corrected chi connectivity index (χ0v) is 19.0. The van der Waals surface area contributed by atoms with Gasteiger partial charge in [-0.15, -0.1) is 11.3 Å². The van der Waals surface area contributed by atoms with Gasteiger partial charge in [0.2, 0.25) is 0 Å². The maximum Gasteiger partial charge on any atom is 0.265 e. The van der Waals surface area contributed by atoms with Gasteiger partial charge in [0.1, 0.15) is 9.88 Å². The SMILES string of the molecule is Cc1nc(-c2ccccc2)sc1C(=O)N1CCN(C(=O)c2ccc(C(C)C)cc2)CC1. The molecule has 0 saturated carbocycles. The first kappa shape index (κ1) is 21.2. The molecule has 0 unspecified atom stereocenters. The van der Waals surface area contributed by atoms with Gasteiger partial charge in [0, 0.05) is 37.3 Å². The molecule has 3 aromatic rings.